The van der Waals surface area contributed by atoms with Crippen LogP contribution in [0.25, 0.3) is 44.5 Å². The average Bonchev–Trinajstić information content (AvgIpc) is 4.08. The lowest BCUT2D eigenvalue weighted by molar-refractivity contribution is -0.137. The number of anilines is 1. The molecule has 0 saturated carbocycles. The van der Waals surface area contributed by atoms with Crippen LogP contribution in [0.5, 0.6) is 11.5 Å². The Labute approximate surface area is 392 Å². The van der Waals surface area contributed by atoms with Crippen LogP contribution in [0.3, 0.4) is 0 Å². The molecule has 0 bridgehead atoms. The Morgan fingerprint density at radius 1 is 0.897 bits per heavy atom. The molecule has 0 atom stereocenters. The van der Waals surface area contributed by atoms with Crippen LogP contribution in [0.15, 0.2) is 54.7 Å². The van der Waals surface area contributed by atoms with Crippen molar-refractivity contribution in [2.75, 3.05) is 38.7 Å². The number of imidazole rings is 1. The monoisotopic (exact) mass is 926 g/mol. The number of nitrogens with zero attached hydrogens (tertiary/aromatic N) is 10. The van der Waals surface area contributed by atoms with Gasteiger partial charge in [0.05, 0.1) is 36.1 Å². The zero-order chi connectivity index (χ0) is 48.1. The number of carboxylic acid groups (broad SMARTS) is 1. The van der Waals surface area contributed by atoms with Crippen LogP contribution in [0.2, 0.25) is 0 Å². The number of aromatic nitrogens is 9. The van der Waals surface area contributed by atoms with E-state index in [2.05, 4.69) is 25.0 Å². The molecule has 2 aromatic carbocycles. The van der Waals surface area contributed by atoms with E-state index in [-0.39, 0.29) is 31.2 Å². The third kappa shape index (κ3) is 9.97. The summed E-state index contributed by atoms with van der Waals surface area (Å²) in [6, 6.07) is 10.8. The maximum atomic E-state index is 13.8. The van der Waals surface area contributed by atoms with E-state index < -0.39 is 11.9 Å². The number of aryl methyl sites for hydroxylation is 4. The minimum Gasteiger partial charge on any atom is -0.494 e. The summed E-state index contributed by atoms with van der Waals surface area (Å²) in [5.41, 5.74) is 12.2. The van der Waals surface area contributed by atoms with Crippen LogP contribution in [0.1, 0.15) is 83.7 Å². The van der Waals surface area contributed by atoms with Crippen LogP contribution >= 0.6 is 0 Å². The molecule has 2 amide bonds. The molecule has 1 aliphatic heterocycles. The van der Waals surface area contributed by atoms with Crippen molar-refractivity contribution < 1.29 is 33.8 Å². The Balaban J connectivity index is 1.15. The highest BCUT2D eigenvalue weighted by Gasteiger charge is 2.24. The van der Waals surface area contributed by atoms with Gasteiger partial charge in [0.1, 0.15) is 40.3 Å². The summed E-state index contributed by atoms with van der Waals surface area (Å²) in [5.74, 6) is 0.459. The van der Waals surface area contributed by atoms with Gasteiger partial charge in [-0.25, -0.2) is 15.0 Å². The summed E-state index contributed by atoms with van der Waals surface area (Å²) in [6.07, 6.45) is 10.3. The van der Waals surface area contributed by atoms with Gasteiger partial charge in [0.2, 0.25) is 11.9 Å². The molecule has 356 valence electrons. The van der Waals surface area contributed by atoms with Gasteiger partial charge in [-0.1, -0.05) is 12.2 Å². The molecule has 0 spiro atoms. The van der Waals surface area contributed by atoms with E-state index in [9.17, 15) is 19.2 Å². The highest BCUT2D eigenvalue weighted by Crippen LogP contribution is 2.37. The lowest BCUT2D eigenvalue weighted by atomic mass is 9.94. The first kappa shape index (κ1) is 47.1. The minimum absolute atomic E-state index is 0.170. The molecule has 0 unspecified atom stereocenters. The first-order valence-corrected chi connectivity index (χ1v) is 23.2. The van der Waals surface area contributed by atoms with E-state index >= 15 is 0 Å². The van der Waals surface area contributed by atoms with Crippen molar-refractivity contribution in [2.24, 2.45) is 11.7 Å². The number of carbonyl (C=O) groups excluding carboxylic acids is 3. The summed E-state index contributed by atoms with van der Waals surface area (Å²) < 4.78 is 19.9. The van der Waals surface area contributed by atoms with Gasteiger partial charge in [0.25, 0.3) is 5.91 Å². The summed E-state index contributed by atoms with van der Waals surface area (Å²) >= 11 is 0. The topological polar surface area (TPSA) is 232 Å². The number of piperidine rings is 1. The van der Waals surface area contributed by atoms with E-state index in [1.807, 2.05) is 61.2 Å². The number of nitrogens with two attached hydrogens (primary N) is 1. The van der Waals surface area contributed by atoms with Gasteiger partial charge in [0.15, 0.2) is 5.82 Å². The van der Waals surface area contributed by atoms with Crippen molar-refractivity contribution in [1.29, 1.82) is 0 Å². The Bertz CT molecular complexity index is 3040. The highest BCUT2D eigenvalue weighted by atomic mass is 16.5. The molecular weight excluding hydrogens is 869 g/mol. The molecule has 4 N–H and O–H groups in total. The van der Waals surface area contributed by atoms with E-state index in [1.165, 1.54) is 0 Å². The number of hydrogen-bond acceptors (Lipinski definition) is 12. The van der Waals surface area contributed by atoms with E-state index in [1.54, 1.807) is 42.3 Å². The molecule has 19 heteroatoms. The molecule has 0 radical (unpaired) electrons. The standard InChI is InChI=1S/C49H58N12O7/c1-6-60-38(23-30(3)55-60)46-51-29-36-35-27-34(45(50)65)28-41(68-22-15-32-12-19-57(20-13-32)16-10-11-42(63)64)43(35)58(47(36)53-46)17-8-9-18-59-44-37(25-33(14-21-62)26-40(44)67-5)52-49(59)54-48(66)39-24-31(4)56-61(39)7-2/h8-9,21,23-29,32H,6-7,10-20,22H2,1-5H3,(H2,50,65)(H,63,64)(H,52,54,66)/b9-8+. The summed E-state index contributed by atoms with van der Waals surface area (Å²) in [4.78, 5) is 66.3. The number of allylic oxidation sites excluding steroid dienone is 2. The molecule has 6 heterocycles. The second-order valence-electron chi connectivity index (χ2n) is 17.2. The summed E-state index contributed by atoms with van der Waals surface area (Å²) in [7, 11) is 1.56. The van der Waals surface area contributed by atoms with Gasteiger partial charge in [0, 0.05) is 61.6 Å². The van der Waals surface area contributed by atoms with Gasteiger partial charge in [-0.05, 0) is 121 Å². The fourth-order valence-corrected chi connectivity index (χ4v) is 9.20. The SMILES string of the molecule is CCn1nc(C)cc1C(=O)Nc1nc2cc(CC=O)cc(OC)c2n1C/C=C/Cn1c2nc(-c3cc(C)nn3CC)ncc2c2cc(C(N)=O)cc(OCCC3CCN(CCCC(=O)O)CC3)c21. The van der Waals surface area contributed by atoms with Gasteiger partial charge in [-0.3, -0.25) is 29.1 Å². The van der Waals surface area contributed by atoms with Gasteiger partial charge >= 0.3 is 5.97 Å². The van der Waals surface area contributed by atoms with Crippen LogP contribution in [-0.4, -0.2) is 111 Å². The van der Waals surface area contributed by atoms with Crippen LogP contribution in [0, 0.1) is 19.8 Å². The number of aldehydes is 1. The smallest absolute Gasteiger partial charge is 0.303 e. The number of benzene rings is 2. The molecule has 5 aromatic heterocycles. The zero-order valence-corrected chi connectivity index (χ0v) is 39.2. The van der Waals surface area contributed by atoms with Crippen molar-refractivity contribution in [1.82, 2.24) is 48.5 Å². The lowest BCUT2D eigenvalue weighted by Gasteiger charge is -2.31. The van der Waals surface area contributed by atoms with Gasteiger partial charge < -0.3 is 39.1 Å². The number of carbonyl (C=O) groups is 4. The fourth-order valence-electron chi connectivity index (χ4n) is 9.20. The number of fused-ring (bicyclic) bond motifs is 4. The molecule has 1 saturated heterocycles. The van der Waals surface area contributed by atoms with Crippen LogP contribution in [0.4, 0.5) is 5.95 Å². The maximum Gasteiger partial charge on any atom is 0.303 e. The van der Waals surface area contributed by atoms with Crippen molar-refractivity contribution in [3.63, 3.8) is 0 Å². The maximum absolute atomic E-state index is 13.8. The molecule has 68 heavy (non-hydrogen) atoms. The van der Waals surface area contributed by atoms with Crippen molar-refractivity contribution in [2.45, 2.75) is 92.4 Å². The third-order valence-electron chi connectivity index (χ3n) is 12.5. The first-order valence-electron chi connectivity index (χ1n) is 23.2. The van der Waals surface area contributed by atoms with Crippen LogP contribution in [-0.2, 0) is 42.2 Å². The number of primary amides is 1. The number of methoxy groups -OCH3 is 1. The summed E-state index contributed by atoms with van der Waals surface area (Å²) in [5, 5.41) is 22.6. The Morgan fingerprint density at radius 2 is 1.63 bits per heavy atom. The van der Waals surface area contributed by atoms with Crippen molar-refractivity contribution in [3.8, 4) is 23.0 Å². The number of ether oxygens (including phenoxy) is 2. The quantitative estimate of drug-likeness (QED) is 0.0527. The molecule has 0 aliphatic carbocycles. The van der Waals surface area contributed by atoms with Crippen molar-refractivity contribution >= 4 is 63.0 Å². The van der Waals surface area contributed by atoms with E-state index in [4.69, 9.17) is 35.3 Å². The first-order chi connectivity index (χ1) is 32.9. The molecular formula is C49H58N12O7. The number of aliphatic carboxylic acids is 1. The van der Waals surface area contributed by atoms with Crippen LogP contribution < -0.4 is 20.5 Å². The predicted octanol–water partition coefficient (Wildman–Crippen LogP) is 6.35. The number of carboxylic acids is 1. The molecule has 8 rings (SSSR count). The Morgan fingerprint density at radius 3 is 2.34 bits per heavy atom. The third-order valence-corrected chi connectivity index (χ3v) is 12.5. The minimum atomic E-state index is -0.770. The Kier molecular flexibility index (Phi) is 14.3. The summed E-state index contributed by atoms with van der Waals surface area (Å²) in [6.45, 7) is 12.4. The Hall–Kier alpha value is -7.41. The second kappa shape index (κ2) is 20.6. The normalized spacial score (nSPS) is 13.6. The molecule has 1 fully saturated rings. The number of likely N-dealkylation sites (tertiary alicyclic amines) is 1. The predicted molar refractivity (Wildman–Crippen MR) is 257 cm³/mol. The lowest BCUT2D eigenvalue weighted by Crippen LogP contribution is -2.35. The molecule has 7 aromatic rings. The second-order valence-corrected chi connectivity index (χ2v) is 17.2. The average molecular weight is 927 g/mol. The largest absolute Gasteiger partial charge is 0.494 e. The van der Waals surface area contributed by atoms with E-state index in [0.717, 1.165) is 67.7 Å². The number of amides is 2. The highest BCUT2D eigenvalue weighted by molar-refractivity contribution is 6.12. The van der Waals surface area contributed by atoms with E-state index in [0.29, 0.717) is 100 Å². The molecule has 1 aliphatic rings. The molecule has 19 nitrogen and oxygen atoms in total. The number of nitrogens with one attached hydrogen (secondary N) is 1. The van der Waals surface area contributed by atoms with Gasteiger partial charge in [-0.15, -0.1) is 0 Å². The van der Waals surface area contributed by atoms with Gasteiger partial charge in [-0.2, -0.15) is 10.2 Å². The van der Waals surface area contributed by atoms with Crippen molar-refractivity contribution in [3.05, 3.63) is 83.0 Å². The fraction of sp³-hybridized carbons (Fsp3) is 0.408. The number of hydrogen-bond donors (Lipinski definition) is 3. The number of rotatable bonds is 21. The zero-order valence-electron chi connectivity index (χ0n) is 39.2.